The van der Waals surface area contributed by atoms with Gasteiger partial charge in [-0.15, -0.1) is 0 Å². The molecule has 1 aliphatic heterocycles. The maximum Gasteiger partial charge on any atom is 0.253 e. The van der Waals surface area contributed by atoms with Crippen LogP contribution in [-0.4, -0.2) is 37.0 Å². The lowest BCUT2D eigenvalue weighted by molar-refractivity contribution is 0.0708. The summed E-state index contributed by atoms with van der Waals surface area (Å²) in [6.07, 6.45) is 2.23. The zero-order chi connectivity index (χ0) is 12.3. The number of nitrogens with one attached hydrogen (secondary N) is 1. The van der Waals surface area contributed by atoms with Crippen LogP contribution in [0.2, 0.25) is 0 Å². The van der Waals surface area contributed by atoms with E-state index >= 15 is 0 Å². The Bertz CT molecular complexity index is 385. The Hall–Kier alpha value is -0.870. The average molecular weight is 297 g/mol. The lowest BCUT2D eigenvalue weighted by Crippen LogP contribution is -2.46. The molecule has 0 radical (unpaired) electrons. The molecule has 0 spiro atoms. The third-order valence-corrected chi connectivity index (χ3v) is 3.76. The normalized spacial score (nSPS) is 20.0. The van der Waals surface area contributed by atoms with Crippen LogP contribution in [0.3, 0.4) is 0 Å². The number of piperidine rings is 1. The van der Waals surface area contributed by atoms with Gasteiger partial charge < -0.3 is 10.2 Å². The second kappa shape index (κ2) is 5.65. The molecule has 1 aromatic rings. The van der Waals surface area contributed by atoms with Crippen molar-refractivity contribution in [1.82, 2.24) is 10.2 Å². The van der Waals surface area contributed by atoms with E-state index in [4.69, 9.17) is 0 Å². The van der Waals surface area contributed by atoms with Crippen LogP contribution in [0.15, 0.2) is 28.7 Å². The Morgan fingerprint density at radius 3 is 2.71 bits per heavy atom. The molecule has 1 amide bonds. The Morgan fingerprint density at radius 2 is 2.12 bits per heavy atom. The van der Waals surface area contributed by atoms with Crippen LogP contribution in [-0.2, 0) is 0 Å². The van der Waals surface area contributed by atoms with Crippen LogP contribution >= 0.6 is 15.9 Å². The standard InChI is InChI=1S/C13H17BrN2O/c1-16(12-3-2-8-15-9-12)13(17)10-4-6-11(14)7-5-10/h4-7,12,15H,2-3,8-9H2,1H3. The van der Waals surface area contributed by atoms with Gasteiger partial charge in [-0.1, -0.05) is 15.9 Å². The second-order valence-corrected chi connectivity index (χ2v) is 5.34. The molecule has 0 saturated carbocycles. The molecule has 2 rings (SSSR count). The molecule has 17 heavy (non-hydrogen) atoms. The highest BCUT2D eigenvalue weighted by molar-refractivity contribution is 9.10. The summed E-state index contributed by atoms with van der Waals surface area (Å²) in [7, 11) is 1.89. The summed E-state index contributed by atoms with van der Waals surface area (Å²) in [4.78, 5) is 14.1. The number of amides is 1. The van der Waals surface area contributed by atoms with Gasteiger partial charge in [-0.2, -0.15) is 0 Å². The van der Waals surface area contributed by atoms with E-state index in [1.54, 1.807) is 0 Å². The SMILES string of the molecule is CN(C(=O)c1ccc(Br)cc1)C1CCCNC1. The van der Waals surface area contributed by atoms with Crippen molar-refractivity contribution in [3.05, 3.63) is 34.3 Å². The summed E-state index contributed by atoms with van der Waals surface area (Å²) in [6, 6.07) is 7.85. The first-order valence-electron chi connectivity index (χ1n) is 5.92. The number of rotatable bonds is 2. The molecular weight excluding hydrogens is 280 g/mol. The van der Waals surface area contributed by atoms with Crippen molar-refractivity contribution >= 4 is 21.8 Å². The first-order valence-corrected chi connectivity index (χ1v) is 6.71. The maximum absolute atomic E-state index is 12.2. The van der Waals surface area contributed by atoms with Gasteiger partial charge in [0.15, 0.2) is 0 Å². The van der Waals surface area contributed by atoms with Crippen molar-refractivity contribution in [3.63, 3.8) is 0 Å². The van der Waals surface area contributed by atoms with Crippen molar-refractivity contribution in [1.29, 1.82) is 0 Å². The highest BCUT2D eigenvalue weighted by Gasteiger charge is 2.22. The minimum absolute atomic E-state index is 0.103. The first-order chi connectivity index (χ1) is 8.18. The lowest BCUT2D eigenvalue weighted by Gasteiger charge is -2.31. The van der Waals surface area contributed by atoms with Crippen LogP contribution in [0.4, 0.5) is 0 Å². The van der Waals surface area contributed by atoms with Crippen molar-refractivity contribution in [2.24, 2.45) is 0 Å². The summed E-state index contributed by atoms with van der Waals surface area (Å²) in [5.74, 6) is 0.103. The van der Waals surface area contributed by atoms with Crippen LogP contribution in [0.5, 0.6) is 0 Å². The molecule has 0 bridgehead atoms. The van der Waals surface area contributed by atoms with Crippen molar-refractivity contribution in [2.75, 3.05) is 20.1 Å². The summed E-state index contributed by atoms with van der Waals surface area (Å²) >= 11 is 3.37. The molecule has 1 heterocycles. The molecule has 1 N–H and O–H groups in total. The highest BCUT2D eigenvalue weighted by Crippen LogP contribution is 2.15. The Kier molecular flexibility index (Phi) is 4.18. The van der Waals surface area contributed by atoms with Crippen molar-refractivity contribution in [3.8, 4) is 0 Å². The van der Waals surface area contributed by atoms with Gasteiger partial charge in [0.2, 0.25) is 0 Å². The molecule has 1 fully saturated rings. The highest BCUT2D eigenvalue weighted by atomic mass is 79.9. The van der Waals surface area contributed by atoms with Crippen LogP contribution < -0.4 is 5.32 Å². The molecule has 4 heteroatoms. The predicted octanol–water partition coefficient (Wildman–Crippen LogP) is 2.27. The van der Waals surface area contributed by atoms with Crippen LogP contribution in [0, 0.1) is 0 Å². The maximum atomic E-state index is 12.2. The number of nitrogens with zero attached hydrogens (tertiary/aromatic N) is 1. The second-order valence-electron chi connectivity index (χ2n) is 4.42. The van der Waals surface area contributed by atoms with Gasteiger partial charge in [0.05, 0.1) is 0 Å². The summed E-state index contributed by atoms with van der Waals surface area (Å²) in [6.45, 7) is 1.97. The number of hydrogen-bond donors (Lipinski definition) is 1. The molecule has 92 valence electrons. The van der Waals surface area contributed by atoms with E-state index in [-0.39, 0.29) is 5.91 Å². The topological polar surface area (TPSA) is 32.3 Å². The third-order valence-electron chi connectivity index (χ3n) is 3.23. The zero-order valence-electron chi connectivity index (χ0n) is 9.95. The Balaban J connectivity index is 2.05. The smallest absolute Gasteiger partial charge is 0.253 e. The van der Waals surface area contributed by atoms with Gasteiger partial charge in [0.1, 0.15) is 0 Å². The molecule has 3 nitrogen and oxygen atoms in total. The number of benzene rings is 1. The largest absolute Gasteiger partial charge is 0.337 e. The average Bonchev–Trinajstić information content (AvgIpc) is 2.39. The summed E-state index contributed by atoms with van der Waals surface area (Å²) in [5, 5.41) is 3.33. The third kappa shape index (κ3) is 3.07. The number of carbonyl (C=O) groups excluding carboxylic acids is 1. The van der Waals surface area contributed by atoms with Gasteiger partial charge in [0, 0.05) is 29.7 Å². The van der Waals surface area contributed by atoms with Crippen LogP contribution in [0.1, 0.15) is 23.2 Å². The molecule has 1 atom stereocenters. The van der Waals surface area contributed by atoms with E-state index in [1.165, 1.54) is 0 Å². The van der Waals surface area contributed by atoms with Gasteiger partial charge in [0.25, 0.3) is 5.91 Å². The number of carbonyl (C=O) groups is 1. The van der Waals surface area contributed by atoms with E-state index in [0.29, 0.717) is 6.04 Å². The molecule has 1 aromatic carbocycles. The van der Waals surface area contributed by atoms with E-state index in [1.807, 2.05) is 36.2 Å². The van der Waals surface area contributed by atoms with E-state index < -0.39 is 0 Å². The molecule has 1 aliphatic rings. The molecular formula is C13H17BrN2O. The first kappa shape index (κ1) is 12.6. The Labute approximate surface area is 110 Å². The van der Waals surface area contributed by atoms with Crippen LogP contribution in [0.25, 0.3) is 0 Å². The van der Waals surface area contributed by atoms with Gasteiger partial charge in [-0.3, -0.25) is 4.79 Å². The van der Waals surface area contributed by atoms with E-state index in [9.17, 15) is 4.79 Å². The summed E-state index contributed by atoms with van der Waals surface area (Å²) < 4.78 is 0.996. The van der Waals surface area contributed by atoms with Crippen molar-refractivity contribution in [2.45, 2.75) is 18.9 Å². The fourth-order valence-corrected chi connectivity index (χ4v) is 2.39. The lowest BCUT2D eigenvalue weighted by atomic mass is 10.1. The molecule has 1 saturated heterocycles. The fraction of sp³-hybridized carbons (Fsp3) is 0.462. The number of hydrogen-bond acceptors (Lipinski definition) is 2. The minimum atomic E-state index is 0.103. The molecule has 0 aromatic heterocycles. The minimum Gasteiger partial charge on any atom is -0.337 e. The quantitative estimate of drug-likeness (QED) is 0.908. The van der Waals surface area contributed by atoms with Gasteiger partial charge in [-0.25, -0.2) is 0 Å². The monoisotopic (exact) mass is 296 g/mol. The number of likely N-dealkylation sites (N-methyl/N-ethyl adjacent to an activating group) is 1. The molecule has 1 unspecified atom stereocenters. The number of halogens is 1. The van der Waals surface area contributed by atoms with Crippen molar-refractivity contribution < 1.29 is 4.79 Å². The van der Waals surface area contributed by atoms with Gasteiger partial charge >= 0.3 is 0 Å². The van der Waals surface area contributed by atoms with E-state index in [0.717, 1.165) is 36.0 Å². The van der Waals surface area contributed by atoms with E-state index in [2.05, 4.69) is 21.2 Å². The zero-order valence-corrected chi connectivity index (χ0v) is 11.5. The fourth-order valence-electron chi connectivity index (χ4n) is 2.13. The Morgan fingerprint density at radius 1 is 1.41 bits per heavy atom. The summed E-state index contributed by atoms with van der Waals surface area (Å²) in [5.41, 5.74) is 0.751. The molecule has 0 aliphatic carbocycles. The predicted molar refractivity (Wildman–Crippen MR) is 72.1 cm³/mol. The van der Waals surface area contributed by atoms with Gasteiger partial charge in [-0.05, 0) is 43.7 Å².